The molecule has 0 atom stereocenters. The standard InChI is InChI=1S/C15H21N/c1-3-12-4-6-13(7-5-12)14-8-10-15(16-2)11-9-14/h4-7,14-15H,2-3,8-11H2,1H3. The predicted octanol–water partition coefficient (Wildman–Crippen LogP) is 3.98. The van der Waals surface area contributed by atoms with E-state index in [1.165, 1.54) is 36.8 Å². The summed E-state index contributed by atoms with van der Waals surface area (Å²) >= 11 is 0. The van der Waals surface area contributed by atoms with Crippen LogP contribution >= 0.6 is 0 Å². The van der Waals surface area contributed by atoms with E-state index >= 15 is 0 Å². The zero-order valence-corrected chi connectivity index (χ0v) is 10.2. The van der Waals surface area contributed by atoms with Crippen LogP contribution in [0.25, 0.3) is 0 Å². The number of aliphatic imine (C=N–C) groups is 1. The Morgan fingerprint density at radius 3 is 2.25 bits per heavy atom. The van der Waals surface area contributed by atoms with Gasteiger partial charge in [0.15, 0.2) is 0 Å². The van der Waals surface area contributed by atoms with Crippen LogP contribution in [0.2, 0.25) is 0 Å². The minimum atomic E-state index is 0.520. The third kappa shape index (κ3) is 2.52. The molecular weight excluding hydrogens is 194 g/mol. The van der Waals surface area contributed by atoms with Gasteiger partial charge in [0.25, 0.3) is 0 Å². The fourth-order valence-corrected chi connectivity index (χ4v) is 2.62. The Morgan fingerprint density at radius 1 is 1.12 bits per heavy atom. The molecule has 0 N–H and O–H groups in total. The lowest BCUT2D eigenvalue weighted by Crippen LogP contribution is -2.15. The SMILES string of the molecule is C=NC1CCC(c2ccc(CC)cc2)CC1. The van der Waals surface area contributed by atoms with E-state index < -0.39 is 0 Å². The highest BCUT2D eigenvalue weighted by Gasteiger charge is 2.20. The average molecular weight is 215 g/mol. The third-order valence-corrected chi connectivity index (χ3v) is 3.81. The van der Waals surface area contributed by atoms with Crippen LogP contribution in [-0.4, -0.2) is 12.8 Å². The van der Waals surface area contributed by atoms with Crippen molar-refractivity contribution in [1.29, 1.82) is 0 Å². The zero-order chi connectivity index (χ0) is 11.4. The molecule has 0 spiro atoms. The molecule has 0 bridgehead atoms. The van der Waals surface area contributed by atoms with Gasteiger partial charge in [0.1, 0.15) is 0 Å². The molecule has 0 heterocycles. The Kier molecular flexibility index (Phi) is 3.76. The molecule has 1 aromatic carbocycles. The van der Waals surface area contributed by atoms with Gasteiger partial charge in [-0.15, -0.1) is 0 Å². The minimum Gasteiger partial charge on any atom is -0.298 e. The number of rotatable bonds is 3. The van der Waals surface area contributed by atoms with Gasteiger partial charge < -0.3 is 0 Å². The van der Waals surface area contributed by atoms with E-state index in [0.29, 0.717) is 6.04 Å². The summed E-state index contributed by atoms with van der Waals surface area (Å²) in [6.07, 6.45) is 6.10. The summed E-state index contributed by atoms with van der Waals surface area (Å²) in [5, 5.41) is 0. The van der Waals surface area contributed by atoms with Crippen molar-refractivity contribution in [2.45, 2.75) is 51.0 Å². The van der Waals surface area contributed by atoms with Crippen LogP contribution in [0.5, 0.6) is 0 Å². The Bertz CT molecular complexity index is 331. The molecule has 1 aromatic rings. The van der Waals surface area contributed by atoms with E-state index in [1.54, 1.807) is 0 Å². The molecule has 0 aliphatic heterocycles. The van der Waals surface area contributed by atoms with Crippen LogP contribution in [0.1, 0.15) is 49.7 Å². The van der Waals surface area contributed by atoms with Gasteiger partial charge in [-0.25, -0.2) is 0 Å². The van der Waals surface area contributed by atoms with Gasteiger partial charge in [-0.2, -0.15) is 0 Å². The summed E-state index contributed by atoms with van der Waals surface area (Å²) < 4.78 is 0. The summed E-state index contributed by atoms with van der Waals surface area (Å²) in [5.74, 6) is 0.754. The van der Waals surface area contributed by atoms with Gasteiger partial charge >= 0.3 is 0 Å². The highest BCUT2D eigenvalue weighted by molar-refractivity contribution is 5.27. The fourth-order valence-electron chi connectivity index (χ4n) is 2.62. The molecule has 16 heavy (non-hydrogen) atoms. The summed E-state index contributed by atoms with van der Waals surface area (Å²) in [5.41, 5.74) is 2.95. The van der Waals surface area contributed by atoms with Crippen LogP contribution in [0.3, 0.4) is 0 Å². The summed E-state index contributed by atoms with van der Waals surface area (Å²) in [6.45, 7) is 5.86. The summed E-state index contributed by atoms with van der Waals surface area (Å²) in [7, 11) is 0. The van der Waals surface area contributed by atoms with Crippen molar-refractivity contribution in [3.8, 4) is 0 Å². The number of hydrogen-bond acceptors (Lipinski definition) is 1. The van der Waals surface area contributed by atoms with Gasteiger partial charge in [0, 0.05) is 6.04 Å². The Hall–Kier alpha value is -1.11. The smallest absolute Gasteiger partial charge is 0.0492 e. The van der Waals surface area contributed by atoms with Gasteiger partial charge in [0.05, 0.1) is 0 Å². The fraction of sp³-hybridized carbons (Fsp3) is 0.533. The zero-order valence-electron chi connectivity index (χ0n) is 10.2. The Morgan fingerprint density at radius 2 is 1.75 bits per heavy atom. The molecule has 0 unspecified atom stereocenters. The Balaban J connectivity index is 1.99. The molecule has 0 radical (unpaired) electrons. The highest BCUT2D eigenvalue weighted by atomic mass is 14.7. The maximum absolute atomic E-state index is 4.15. The van der Waals surface area contributed by atoms with Crippen molar-refractivity contribution in [2.24, 2.45) is 4.99 Å². The van der Waals surface area contributed by atoms with Crippen molar-refractivity contribution >= 4 is 6.72 Å². The van der Waals surface area contributed by atoms with Crippen molar-refractivity contribution in [1.82, 2.24) is 0 Å². The van der Waals surface area contributed by atoms with Gasteiger partial charge in [-0.05, 0) is 55.9 Å². The first kappa shape index (κ1) is 11.4. The second-order valence-electron chi connectivity index (χ2n) is 4.78. The number of benzene rings is 1. The molecule has 0 saturated heterocycles. The monoisotopic (exact) mass is 215 g/mol. The first-order valence-corrected chi connectivity index (χ1v) is 6.38. The number of hydrogen-bond donors (Lipinski definition) is 0. The minimum absolute atomic E-state index is 0.520. The van der Waals surface area contributed by atoms with Crippen LogP contribution in [0, 0.1) is 0 Å². The van der Waals surface area contributed by atoms with Crippen molar-refractivity contribution in [3.63, 3.8) is 0 Å². The molecule has 1 heteroatoms. The summed E-state index contributed by atoms with van der Waals surface area (Å²) in [6, 6.07) is 9.68. The molecule has 0 amide bonds. The first-order chi connectivity index (χ1) is 7.83. The van der Waals surface area contributed by atoms with Crippen molar-refractivity contribution in [3.05, 3.63) is 35.4 Å². The van der Waals surface area contributed by atoms with Gasteiger partial charge in [0.2, 0.25) is 0 Å². The van der Waals surface area contributed by atoms with Crippen LogP contribution in [-0.2, 0) is 6.42 Å². The number of nitrogens with zero attached hydrogens (tertiary/aromatic N) is 1. The lowest BCUT2D eigenvalue weighted by atomic mass is 9.82. The second kappa shape index (κ2) is 5.29. The first-order valence-electron chi connectivity index (χ1n) is 6.38. The van der Waals surface area contributed by atoms with Crippen LogP contribution in [0.4, 0.5) is 0 Å². The normalized spacial score (nSPS) is 25.3. The quantitative estimate of drug-likeness (QED) is 0.676. The van der Waals surface area contributed by atoms with E-state index in [0.717, 1.165) is 12.3 Å². The second-order valence-corrected chi connectivity index (χ2v) is 4.78. The van der Waals surface area contributed by atoms with Crippen LogP contribution in [0.15, 0.2) is 29.3 Å². The molecule has 1 saturated carbocycles. The van der Waals surface area contributed by atoms with E-state index in [4.69, 9.17) is 0 Å². The molecule has 1 aliphatic rings. The van der Waals surface area contributed by atoms with Crippen LogP contribution < -0.4 is 0 Å². The molecule has 1 aliphatic carbocycles. The van der Waals surface area contributed by atoms with E-state index in [2.05, 4.69) is 42.9 Å². The number of aryl methyl sites for hydroxylation is 1. The van der Waals surface area contributed by atoms with E-state index in [-0.39, 0.29) is 0 Å². The summed E-state index contributed by atoms with van der Waals surface area (Å²) in [4.78, 5) is 4.15. The molecule has 0 aromatic heterocycles. The van der Waals surface area contributed by atoms with E-state index in [1.807, 2.05) is 0 Å². The lowest BCUT2D eigenvalue weighted by molar-refractivity contribution is 0.398. The maximum Gasteiger partial charge on any atom is 0.0492 e. The molecule has 86 valence electrons. The molecule has 1 fully saturated rings. The lowest BCUT2D eigenvalue weighted by Gasteiger charge is -2.26. The maximum atomic E-state index is 4.15. The van der Waals surface area contributed by atoms with Gasteiger partial charge in [-0.1, -0.05) is 31.2 Å². The molecule has 1 nitrogen and oxygen atoms in total. The topological polar surface area (TPSA) is 12.4 Å². The Labute approximate surface area is 98.6 Å². The predicted molar refractivity (Wildman–Crippen MR) is 70.4 cm³/mol. The highest BCUT2D eigenvalue weighted by Crippen LogP contribution is 2.33. The van der Waals surface area contributed by atoms with Gasteiger partial charge in [-0.3, -0.25) is 4.99 Å². The molecule has 2 rings (SSSR count). The largest absolute Gasteiger partial charge is 0.298 e. The average Bonchev–Trinajstić information content (AvgIpc) is 2.39. The van der Waals surface area contributed by atoms with E-state index in [9.17, 15) is 0 Å². The molecular formula is C15H21N. The third-order valence-electron chi connectivity index (χ3n) is 3.81. The van der Waals surface area contributed by atoms with Crippen molar-refractivity contribution < 1.29 is 0 Å². The van der Waals surface area contributed by atoms with Crippen molar-refractivity contribution in [2.75, 3.05) is 0 Å².